The fourth-order valence-corrected chi connectivity index (χ4v) is 3.51. The predicted octanol–water partition coefficient (Wildman–Crippen LogP) is 4.65. The summed E-state index contributed by atoms with van der Waals surface area (Å²) >= 11 is 0. The summed E-state index contributed by atoms with van der Waals surface area (Å²) < 4.78 is 0. The minimum absolute atomic E-state index is 0.0107. The second-order valence-electron chi connectivity index (χ2n) is 6.55. The largest absolute Gasteiger partial charge is 0.348 e. The molecule has 0 aromatic heterocycles. The molecule has 0 unspecified atom stereocenters. The molecule has 3 aromatic carbocycles. The van der Waals surface area contributed by atoms with Crippen LogP contribution in [0.25, 0.3) is 10.8 Å². The summed E-state index contributed by atoms with van der Waals surface area (Å²) in [6, 6.07) is 20.8. The van der Waals surface area contributed by atoms with E-state index in [0.717, 1.165) is 24.0 Å². The summed E-state index contributed by atoms with van der Waals surface area (Å²) in [6.45, 7) is 0.556. The third-order valence-electron chi connectivity index (χ3n) is 4.88. The monoisotopic (exact) mass is 315 g/mol. The van der Waals surface area contributed by atoms with E-state index in [1.165, 1.54) is 34.7 Å². The minimum Gasteiger partial charge on any atom is -0.348 e. The Bertz CT molecular complexity index is 897. The van der Waals surface area contributed by atoms with Gasteiger partial charge in [-0.1, -0.05) is 42.5 Å². The maximum absolute atomic E-state index is 12.5. The predicted molar refractivity (Wildman–Crippen MR) is 98.2 cm³/mol. The van der Waals surface area contributed by atoms with Crippen molar-refractivity contribution >= 4 is 16.7 Å². The van der Waals surface area contributed by atoms with Crippen molar-refractivity contribution in [1.29, 1.82) is 0 Å². The van der Waals surface area contributed by atoms with Gasteiger partial charge in [-0.2, -0.15) is 0 Å². The quantitative estimate of drug-likeness (QED) is 0.749. The normalized spacial score (nSPS) is 13.5. The first-order valence-corrected chi connectivity index (χ1v) is 8.67. The third-order valence-corrected chi connectivity index (χ3v) is 4.88. The van der Waals surface area contributed by atoms with Crippen molar-refractivity contribution in [3.05, 3.63) is 82.9 Å². The first-order chi connectivity index (χ1) is 11.8. The van der Waals surface area contributed by atoms with Crippen LogP contribution in [0, 0.1) is 0 Å². The van der Waals surface area contributed by atoms with Gasteiger partial charge in [0.2, 0.25) is 0 Å². The van der Waals surface area contributed by atoms with E-state index in [2.05, 4.69) is 47.8 Å². The topological polar surface area (TPSA) is 29.1 Å². The first-order valence-electron chi connectivity index (χ1n) is 8.67. The van der Waals surface area contributed by atoms with Crippen molar-refractivity contribution in [2.45, 2.75) is 32.2 Å². The molecule has 1 aliphatic rings. The average Bonchev–Trinajstić information content (AvgIpc) is 2.65. The highest BCUT2D eigenvalue weighted by atomic mass is 16.1. The Morgan fingerprint density at radius 3 is 2.50 bits per heavy atom. The minimum atomic E-state index is 0.0107. The van der Waals surface area contributed by atoms with Crippen LogP contribution in [0.15, 0.2) is 60.7 Å². The summed E-state index contributed by atoms with van der Waals surface area (Å²) in [5, 5.41) is 5.48. The fourth-order valence-electron chi connectivity index (χ4n) is 3.51. The van der Waals surface area contributed by atoms with Gasteiger partial charge in [0, 0.05) is 12.1 Å². The molecule has 0 spiro atoms. The van der Waals surface area contributed by atoms with Crippen molar-refractivity contribution in [1.82, 2.24) is 5.32 Å². The van der Waals surface area contributed by atoms with Gasteiger partial charge in [0.05, 0.1) is 0 Å². The smallest absolute Gasteiger partial charge is 0.251 e. The van der Waals surface area contributed by atoms with E-state index in [1.54, 1.807) is 0 Å². The molecular formula is C22H21NO. The second kappa shape index (κ2) is 6.48. The van der Waals surface area contributed by atoms with E-state index < -0.39 is 0 Å². The van der Waals surface area contributed by atoms with Gasteiger partial charge in [-0.3, -0.25) is 4.79 Å². The van der Waals surface area contributed by atoms with Gasteiger partial charge in [-0.25, -0.2) is 0 Å². The molecule has 0 atom stereocenters. The Morgan fingerprint density at radius 2 is 1.62 bits per heavy atom. The maximum atomic E-state index is 12.5. The number of aryl methyl sites for hydroxylation is 2. The highest BCUT2D eigenvalue weighted by Gasteiger charge is 2.12. The number of hydrogen-bond acceptors (Lipinski definition) is 1. The zero-order valence-corrected chi connectivity index (χ0v) is 13.7. The molecule has 0 radical (unpaired) electrons. The Hall–Kier alpha value is -2.61. The Morgan fingerprint density at radius 1 is 0.833 bits per heavy atom. The standard InChI is InChI=1S/C22H21NO/c24-22(21-12-11-18-6-2-4-8-20(18)14-21)23-15-16-9-10-17-5-1-3-7-19(17)13-16/h1,3,5,7,9-14H,2,4,6,8,15H2,(H,23,24). The second-order valence-corrected chi connectivity index (χ2v) is 6.55. The molecule has 2 heteroatoms. The van der Waals surface area contributed by atoms with Crippen LogP contribution in [0.3, 0.4) is 0 Å². The van der Waals surface area contributed by atoms with Gasteiger partial charge in [0.25, 0.3) is 5.91 Å². The van der Waals surface area contributed by atoms with Crippen molar-refractivity contribution in [3.63, 3.8) is 0 Å². The van der Waals surface area contributed by atoms with Crippen molar-refractivity contribution in [3.8, 4) is 0 Å². The Labute approximate surface area is 142 Å². The molecule has 1 N–H and O–H groups in total. The fraction of sp³-hybridized carbons (Fsp3) is 0.227. The van der Waals surface area contributed by atoms with Crippen LogP contribution in [0.1, 0.15) is 39.9 Å². The molecule has 24 heavy (non-hydrogen) atoms. The molecule has 0 aliphatic heterocycles. The van der Waals surface area contributed by atoms with E-state index >= 15 is 0 Å². The average molecular weight is 315 g/mol. The summed E-state index contributed by atoms with van der Waals surface area (Å²) in [7, 11) is 0. The number of nitrogens with one attached hydrogen (secondary N) is 1. The summed E-state index contributed by atoms with van der Waals surface area (Å²) in [5.74, 6) is 0.0107. The highest BCUT2D eigenvalue weighted by Crippen LogP contribution is 2.22. The summed E-state index contributed by atoms with van der Waals surface area (Å²) in [4.78, 5) is 12.5. The summed E-state index contributed by atoms with van der Waals surface area (Å²) in [5.41, 5.74) is 4.66. The number of carbonyl (C=O) groups excluding carboxylic acids is 1. The lowest BCUT2D eigenvalue weighted by atomic mass is 9.90. The molecule has 2 nitrogen and oxygen atoms in total. The van der Waals surface area contributed by atoms with Crippen molar-refractivity contribution < 1.29 is 4.79 Å². The van der Waals surface area contributed by atoms with Crippen LogP contribution < -0.4 is 5.32 Å². The first kappa shape index (κ1) is 14.9. The van der Waals surface area contributed by atoms with Gasteiger partial charge in [0.15, 0.2) is 0 Å². The van der Waals surface area contributed by atoms with E-state index in [0.29, 0.717) is 6.54 Å². The molecule has 0 heterocycles. The van der Waals surface area contributed by atoms with Crippen LogP contribution >= 0.6 is 0 Å². The van der Waals surface area contributed by atoms with Gasteiger partial charge < -0.3 is 5.32 Å². The molecule has 0 bridgehead atoms. The summed E-state index contributed by atoms with van der Waals surface area (Å²) in [6.07, 6.45) is 4.74. The lowest BCUT2D eigenvalue weighted by Crippen LogP contribution is -2.23. The van der Waals surface area contributed by atoms with Crippen LogP contribution in [-0.4, -0.2) is 5.91 Å². The Kier molecular flexibility index (Phi) is 4.04. The van der Waals surface area contributed by atoms with Crippen LogP contribution in [0.4, 0.5) is 0 Å². The van der Waals surface area contributed by atoms with E-state index in [9.17, 15) is 4.79 Å². The molecule has 0 saturated carbocycles. The molecule has 0 fully saturated rings. The van der Waals surface area contributed by atoms with E-state index in [4.69, 9.17) is 0 Å². The van der Waals surface area contributed by atoms with Gasteiger partial charge >= 0.3 is 0 Å². The number of fused-ring (bicyclic) bond motifs is 2. The lowest BCUT2D eigenvalue weighted by molar-refractivity contribution is 0.0951. The zero-order valence-electron chi connectivity index (χ0n) is 13.7. The highest BCUT2D eigenvalue weighted by molar-refractivity contribution is 5.94. The SMILES string of the molecule is O=C(NCc1ccc2ccccc2c1)c1ccc2c(c1)CCCC2. The molecule has 4 rings (SSSR count). The van der Waals surface area contributed by atoms with E-state index in [1.807, 2.05) is 18.2 Å². The molecule has 1 amide bonds. The molecule has 0 saturated heterocycles. The van der Waals surface area contributed by atoms with Gasteiger partial charge in [0.1, 0.15) is 0 Å². The number of hydrogen-bond donors (Lipinski definition) is 1. The zero-order chi connectivity index (χ0) is 16.4. The maximum Gasteiger partial charge on any atom is 0.251 e. The number of rotatable bonds is 3. The third kappa shape index (κ3) is 3.05. The molecule has 3 aromatic rings. The Balaban J connectivity index is 1.47. The molecular weight excluding hydrogens is 294 g/mol. The van der Waals surface area contributed by atoms with Crippen LogP contribution in [0.5, 0.6) is 0 Å². The van der Waals surface area contributed by atoms with E-state index in [-0.39, 0.29) is 5.91 Å². The van der Waals surface area contributed by atoms with Crippen LogP contribution in [-0.2, 0) is 19.4 Å². The van der Waals surface area contributed by atoms with Crippen molar-refractivity contribution in [2.24, 2.45) is 0 Å². The van der Waals surface area contributed by atoms with Crippen molar-refractivity contribution in [2.75, 3.05) is 0 Å². The number of carbonyl (C=O) groups is 1. The number of benzene rings is 3. The molecule has 120 valence electrons. The lowest BCUT2D eigenvalue weighted by Gasteiger charge is -2.16. The van der Waals surface area contributed by atoms with Crippen LogP contribution in [0.2, 0.25) is 0 Å². The number of amides is 1. The molecule has 1 aliphatic carbocycles. The van der Waals surface area contributed by atoms with Gasteiger partial charge in [-0.15, -0.1) is 0 Å². The van der Waals surface area contributed by atoms with Gasteiger partial charge in [-0.05, 0) is 71.3 Å².